The van der Waals surface area contributed by atoms with Crippen molar-refractivity contribution in [1.82, 2.24) is 9.80 Å². The van der Waals surface area contributed by atoms with Gasteiger partial charge in [0.05, 0.1) is 13.7 Å². The Morgan fingerprint density at radius 1 is 1.40 bits per heavy atom. The number of carbonyl (C=O) groups is 2. The van der Waals surface area contributed by atoms with E-state index in [9.17, 15) is 9.59 Å². The third-order valence-corrected chi connectivity index (χ3v) is 6.34. The minimum atomic E-state index is -0.407. The monoisotopic (exact) mass is 382 g/mol. The molecule has 1 saturated carbocycles. The maximum absolute atomic E-state index is 13.0. The highest BCUT2D eigenvalue weighted by molar-refractivity contribution is 7.99. The lowest BCUT2D eigenvalue weighted by atomic mass is 10.2. The van der Waals surface area contributed by atoms with Crippen LogP contribution < -0.4 is 0 Å². The first kappa shape index (κ1) is 18.5. The molecule has 1 aromatic rings. The van der Waals surface area contributed by atoms with Gasteiger partial charge in [0.25, 0.3) is 0 Å². The molecule has 0 radical (unpaired) electrons. The van der Waals surface area contributed by atoms with E-state index in [4.69, 9.17) is 16.3 Å². The van der Waals surface area contributed by atoms with E-state index in [1.807, 2.05) is 41.0 Å². The molecule has 1 aromatic carbocycles. The molecule has 1 aliphatic heterocycles. The molecule has 1 aliphatic carbocycles. The predicted octanol–water partition coefficient (Wildman–Crippen LogP) is 2.94. The molecule has 0 N–H and O–H groups in total. The zero-order chi connectivity index (χ0) is 18.0. The first-order chi connectivity index (χ1) is 12.0. The summed E-state index contributed by atoms with van der Waals surface area (Å²) in [6.45, 7) is 2.74. The van der Waals surface area contributed by atoms with Crippen LogP contribution in [0.2, 0.25) is 5.02 Å². The second-order valence-corrected chi connectivity index (χ2v) is 8.03. The number of amides is 1. The molecular formula is C18H23ClN2O3S. The highest BCUT2D eigenvalue weighted by Crippen LogP contribution is 2.41. The average molecular weight is 383 g/mol. The molecule has 7 heteroatoms. The highest BCUT2D eigenvalue weighted by atomic mass is 35.5. The zero-order valence-corrected chi connectivity index (χ0v) is 16.1. The number of nitrogens with zero attached hydrogens (tertiary/aromatic N) is 2. The third-order valence-electron chi connectivity index (χ3n) is 4.76. The van der Waals surface area contributed by atoms with E-state index in [-0.39, 0.29) is 23.8 Å². The smallest absolute Gasteiger partial charge is 0.322 e. The van der Waals surface area contributed by atoms with Gasteiger partial charge < -0.3 is 9.64 Å². The summed E-state index contributed by atoms with van der Waals surface area (Å²) < 4.78 is 4.86. The van der Waals surface area contributed by atoms with Gasteiger partial charge in [0.15, 0.2) is 0 Å². The molecule has 136 valence electrons. The van der Waals surface area contributed by atoms with Crippen LogP contribution in [0.1, 0.15) is 30.7 Å². The zero-order valence-electron chi connectivity index (χ0n) is 14.5. The van der Waals surface area contributed by atoms with Crippen molar-refractivity contribution in [2.24, 2.45) is 0 Å². The molecule has 1 saturated heterocycles. The van der Waals surface area contributed by atoms with Crippen LogP contribution in [0.3, 0.4) is 0 Å². The fraction of sp³-hybridized carbons (Fsp3) is 0.556. The van der Waals surface area contributed by atoms with Gasteiger partial charge in [0, 0.05) is 28.9 Å². The van der Waals surface area contributed by atoms with Gasteiger partial charge >= 0.3 is 5.97 Å². The number of esters is 1. The van der Waals surface area contributed by atoms with Crippen LogP contribution in [-0.2, 0) is 14.3 Å². The largest absolute Gasteiger partial charge is 0.468 e. The van der Waals surface area contributed by atoms with Crippen LogP contribution in [0.4, 0.5) is 0 Å². The Labute approximate surface area is 157 Å². The minimum Gasteiger partial charge on any atom is -0.468 e. The van der Waals surface area contributed by atoms with Crippen LogP contribution in [0, 0.1) is 0 Å². The minimum absolute atomic E-state index is 0.0394. The van der Waals surface area contributed by atoms with Gasteiger partial charge in [0.1, 0.15) is 11.4 Å². The maximum Gasteiger partial charge on any atom is 0.322 e. The van der Waals surface area contributed by atoms with Crippen LogP contribution >= 0.6 is 23.4 Å². The number of hydrogen-bond acceptors (Lipinski definition) is 5. The number of halogens is 1. The lowest BCUT2D eigenvalue weighted by molar-refractivity contribution is -0.147. The van der Waals surface area contributed by atoms with Gasteiger partial charge in [-0.1, -0.05) is 29.8 Å². The fourth-order valence-corrected chi connectivity index (χ4v) is 4.82. The molecule has 3 rings (SSSR count). The van der Waals surface area contributed by atoms with E-state index < -0.39 is 6.04 Å². The summed E-state index contributed by atoms with van der Waals surface area (Å²) in [5, 5.41) is 0.623. The molecule has 2 fully saturated rings. The lowest BCUT2D eigenvalue weighted by Crippen LogP contribution is -2.47. The number of benzene rings is 1. The van der Waals surface area contributed by atoms with Crippen molar-refractivity contribution in [3.8, 4) is 0 Å². The van der Waals surface area contributed by atoms with Crippen molar-refractivity contribution in [2.75, 3.05) is 26.0 Å². The Morgan fingerprint density at radius 2 is 2.12 bits per heavy atom. The summed E-state index contributed by atoms with van der Waals surface area (Å²) >= 11 is 8.06. The quantitative estimate of drug-likeness (QED) is 0.708. The molecule has 0 unspecified atom stereocenters. The molecule has 0 aromatic heterocycles. The second kappa shape index (κ2) is 7.98. The van der Waals surface area contributed by atoms with Crippen LogP contribution in [0.15, 0.2) is 24.3 Å². The van der Waals surface area contributed by atoms with E-state index in [2.05, 4.69) is 0 Å². The maximum atomic E-state index is 13.0. The van der Waals surface area contributed by atoms with Gasteiger partial charge in [-0.15, -0.1) is 11.8 Å². The SMILES string of the molecule is COC(=O)[C@H](C)N(CC(=O)N1CCS[C@@H]1c1ccccc1Cl)C1CC1. The van der Waals surface area contributed by atoms with E-state index >= 15 is 0 Å². The molecule has 5 nitrogen and oxygen atoms in total. The molecular weight excluding hydrogens is 360 g/mol. The summed E-state index contributed by atoms with van der Waals surface area (Å²) in [5.41, 5.74) is 0.971. The molecule has 1 heterocycles. The molecule has 0 bridgehead atoms. The molecule has 0 spiro atoms. The summed E-state index contributed by atoms with van der Waals surface area (Å²) in [5.74, 6) is 0.633. The van der Waals surface area contributed by atoms with Gasteiger partial charge in [-0.05, 0) is 25.8 Å². The highest BCUT2D eigenvalue weighted by Gasteiger charge is 2.39. The third kappa shape index (κ3) is 4.13. The van der Waals surface area contributed by atoms with Gasteiger partial charge in [-0.25, -0.2) is 0 Å². The lowest BCUT2D eigenvalue weighted by Gasteiger charge is -2.31. The molecule has 1 amide bonds. The van der Waals surface area contributed by atoms with Crippen molar-refractivity contribution < 1.29 is 14.3 Å². The van der Waals surface area contributed by atoms with Gasteiger partial charge in [-0.3, -0.25) is 14.5 Å². The molecule has 2 atom stereocenters. The first-order valence-electron chi connectivity index (χ1n) is 8.52. The second-order valence-electron chi connectivity index (χ2n) is 6.43. The van der Waals surface area contributed by atoms with E-state index in [1.165, 1.54) is 7.11 Å². The Balaban J connectivity index is 1.73. The Hall–Kier alpha value is -1.24. The van der Waals surface area contributed by atoms with Crippen molar-refractivity contribution in [3.63, 3.8) is 0 Å². The molecule has 2 aliphatic rings. The summed E-state index contributed by atoms with van der Waals surface area (Å²) in [7, 11) is 1.39. The molecule has 25 heavy (non-hydrogen) atoms. The first-order valence-corrected chi connectivity index (χ1v) is 9.94. The standard InChI is InChI=1S/C18H23ClN2O3S/c1-12(18(23)24-2)21(13-7-8-13)11-16(22)20-9-10-25-17(20)14-5-3-4-6-15(14)19/h3-6,12-13,17H,7-11H2,1-2H3/t12-,17+/m0/s1. The van der Waals surface area contributed by atoms with E-state index in [0.717, 1.165) is 24.2 Å². The number of thioether (sulfide) groups is 1. The number of rotatable bonds is 6. The number of hydrogen-bond donors (Lipinski definition) is 0. The van der Waals surface area contributed by atoms with Crippen molar-refractivity contribution in [3.05, 3.63) is 34.9 Å². The summed E-state index contributed by atoms with van der Waals surface area (Å²) in [6, 6.07) is 7.56. The van der Waals surface area contributed by atoms with Gasteiger partial charge in [-0.2, -0.15) is 0 Å². The Kier molecular flexibility index (Phi) is 5.92. The van der Waals surface area contributed by atoms with Crippen molar-refractivity contribution in [1.29, 1.82) is 0 Å². The topological polar surface area (TPSA) is 49.9 Å². The van der Waals surface area contributed by atoms with Gasteiger partial charge in [0.2, 0.25) is 5.91 Å². The van der Waals surface area contributed by atoms with Crippen LogP contribution in [-0.4, -0.2) is 59.7 Å². The van der Waals surface area contributed by atoms with Crippen molar-refractivity contribution in [2.45, 2.75) is 37.2 Å². The number of methoxy groups -OCH3 is 1. The van der Waals surface area contributed by atoms with Crippen LogP contribution in [0.25, 0.3) is 0 Å². The van der Waals surface area contributed by atoms with Crippen LogP contribution in [0.5, 0.6) is 0 Å². The Bertz CT molecular complexity index is 653. The average Bonchev–Trinajstić information content (AvgIpc) is 3.34. The predicted molar refractivity (Wildman–Crippen MR) is 99.6 cm³/mol. The summed E-state index contributed by atoms with van der Waals surface area (Å²) in [4.78, 5) is 28.7. The number of carbonyl (C=O) groups excluding carboxylic acids is 2. The normalized spacial score (nSPS) is 21.4. The summed E-state index contributed by atoms with van der Waals surface area (Å²) in [6.07, 6.45) is 2.05. The van der Waals surface area contributed by atoms with Crippen molar-refractivity contribution >= 4 is 35.2 Å². The van der Waals surface area contributed by atoms with E-state index in [0.29, 0.717) is 17.6 Å². The fourth-order valence-electron chi connectivity index (χ4n) is 3.20. The number of ether oxygens (including phenoxy) is 1. The van der Waals surface area contributed by atoms with E-state index in [1.54, 1.807) is 11.8 Å². The Morgan fingerprint density at radius 3 is 2.76 bits per heavy atom.